The van der Waals surface area contributed by atoms with Crippen LogP contribution in [0.4, 0.5) is 0 Å². The summed E-state index contributed by atoms with van der Waals surface area (Å²) < 4.78 is 0. The maximum absolute atomic E-state index is 13.3. The number of H-pyrrole nitrogens is 1. The number of rotatable bonds is 4. The Hall–Kier alpha value is -3.12. The number of carbonyl (C=O) groups is 2. The minimum Gasteiger partial charge on any atom is -0.396 e. The second-order valence-corrected chi connectivity index (χ2v) is 7.73. The summed E-state index contributed by atoms with van der Waals surface area (Å²) in [4.78, 5) is 33.4. The van der Waals surface area contributed by atoms with Gasteiger partial charge < -0.3 is 19.9 Å². The third-order valence-electron chi connectivity index (χ3n) is 6.04. The first kappa shape index (κ1) is 17.9. The SMILES string of the molecule is O=C1[C@@H]2Cc3c([nH]c4ccccc34)[C@H](c3ccccc3)N2C(=O)CN1CCCO. The van der Waals surface area contributed by atoms with Crippen molar-refractivity contribution in [2.75, 3.05) is 19.7 Å². The van der Waals surface area contributed by atoms with Crippen LogP contribution in [0.25, 0.3) is 10.9 Å². The number of aromatic amines is 1. The predicted octanol–water partition coefficient (Wildman–Crippen LogP) is 2.24. The first-order chi connectivity index (χ1) is 14.2. The van der Waals surface area contributed by atoms with Gasteiger partial charge in [0.15, 0.2) is 0 Å². The number of carbonyl (C=O) groups excluding carboxylic acids is 2. The van der Waals surface area contributed by atoms with Crippen LogP contribution in [0.15, 0.2) is 54.6 Å². The van der Waals surface area contributed by atoms with E-state index in [4.69, 9.17) is 5.11 Å². The van der Waals surface area contributed by atoms with Crippen LogP contribution in [0.1, 0.15) is 29.3 Å². The lowest BCUT2D eigenvalue weighted by Gasteiger charge is -2.47. The molecule has 0 aliphatic carbocycles. The molecule has 1 fully saturated rings. The summed E-state index contributed by atoms with van der Waals surface area (Å²) in [6.07, 6.45) is 0.981. The van der Waals surface area contributed by atoms with Gasteiger partial charge in [0.25, 0.3) is 0 Å². The molecule has 6 heteroatoms. The molecule has 0 unspecified atom stereocenters. The van der Waals surface area contributed by atoms with Gasteiger partial charge in [-0.25, -0.2) is 0 Å². The summed E-state index contributed by atoms with van der Waals surface area (Å²) in [5.41, 5.74) is 4.13. The van der Waals surface area contributed by atoms with E-state index in [1.807, 2.05) is 48.5 Å². The van der Waals surface area contributed by atoms with E-state index in [0.717, 1.165) is 27.7 Å². The van der Waals surface area contributed by atoms with Crippen LogP contribution in [-0.4, -0.2) is 57.4 Å². The van der Waals surface area contributed by atoms with Crippen molar-refractivity contribution in [2.45, 2.75) is 24.9 Å². The highest BCUT2D eigenvalue weighted by Crippen LogP contribution is 2.42. The van der Waals surface area contributed by atoms with Crippen LogP contribution in [0.3, 0.4) is 0 Å². The lowest BCUT2D eigenvalue weighted by Crippen LogP contribution is -2.63. The molecule has 0 bridgehead atoms. The Balaban J connectivity index is 1.66. The van der Waals surface area contributed by atoms with Crippen molar-refractivity contribution in [1.82, 2.24) is 14.8 Å². The standard InChI is InChI=1S/C23H23N3O3/c27-12-6-11-25-14-20(28)26-19(23(25)29)13-17-16-9-4-5-10-18(16)24-21(17)22(26)15-7-2-1-3-8-15/h1-5,7-10,19,22,24,27H,6,11-14H2/t19-,22-/m0/s1. The molecule has 0 saturated carbocycles. The minimum atomic E-state index is -0.521. The van der Waals surface area contributed by atoms with Gasteiger partial charge in [0.2, 0.25) is 11.8 Å². The maximum atomic E-state index is 13.3. The third kappa shape index (κ3) is 2.83. The van der Waals surface area contributed by atoms with Gasteiger partial charge in [0.05, 0.1) is 12.6 Å². The Morgan fingerprint density at radius 2 is 1.79 bits per heavy atom. The molecule has 0 spiro atoms. The van der Waals surface area contributed by atoms with Gasteiger partial charge in [-0.1, -0.05) is 48.5 Å². The molecule has 2 amide bonds. The molecule has 29 heavy (non-hydrogen) atoms. The number of hydrogen-bond acceptors (Lipinski definition) is 3. The molecule has 2 N–H and O–H groups in total. The third-order valence-corrected chi connectivity index (χ3v) is 6.04. The number of aliphatic hydroxyl groups is 1. The number of aromatic nitrogens is 1. The minimum absolute atomic E-state index is 0.00554. The Labute approximate surface area is 168 Å². The van der Waals surface area contributed by atoms with Crippen molar-refractivity contribution in [3.05, 3.63) is 71.4 Å². The summed E-state index contributed by atoms with van der Waals surface area (Å²) in [6.45, 7) is 0.474. The van der Waals surface area contributed by atoms with Crippen LogP contribution in [0, 0.1) is 0 Å². The van der Waals surface area contributed by atoms with Crippen molar-refractivity contribution >= 4 is 22.7 Å². The zero-order chi connectivity index (χ0) is 20.0. The van der Waals surface area contributed by atoms with Crippen molar-refractivity contribution < 1.29 is 14.7 Å². The number of fused-ring (bicyclic) bond motifs is 4. The molecule has 148 valence electrons. The van der Waals surface area contributed by atoms with E-state index in [0.29, 0.717) is 19.4 Å². The lowest BCUT2D eigenvalue weighted by atomic mass is 9.86. The van der Waals surface area contributed by atoms with Crippen LogP contribution < -0.4 is 0 Å². The van der Waals surface area contributed by atoms with Crippen molar-refractivity contribution in [2.24, 2.45) is 0 Å². The van der Waals surface area contributed by atoms with Crippen molar-refractivity contribution in [1.29, 1.82) is 0 Å². The molecular weight excluding hydrogens is 366 g/mol. The van der Waals surface area contributed by atoms with E-state index in [1.165, 1.54) is 0 Å². The fourth-order valence-corrected chi connectivity index (χ4v) is 4.76. The van der Waals surface area contributed by atoms with Gasteiger partial charge in [0, 0.05) is 36.2 Å². The molecular formula is C23H23N3O3. The number of aliphatic hydroxyl groups excluding tert-OH is 1. The molecule has 5 rings (SSSR count). The van der Waals surface area contributed by atoms with E-state index in [9.17, 15) is 9.59 Å². The number of hydrogen-bond donors (Lipinski definition) is 2. The van der Waals surface area contributed by atoms with Crippen LogP contribution in [0.5, 0.6) is 0 Å². The summed E-state index contributed by atoms with van der Waals surface area (Å²) in [6, 6.07) is 17.2. The summed E-state index contributed by atoms with van der Waals surface area (Å²) >= 11 is 0. The smallest absolute Gasteiger partial charge is 0.246 e. The van der Waals surface area contributed by atoms with E-state index < -0.39 is 6.04 Å². The fourth-order valence-electron chi connectivity index (χ4n) is 4.76. The quantitative estimate of drug-likeness (QED) is 0.719. The highest BCUT2D eigenvalue weighted by atomic mass is 16.3. The Morgan fingerprint density at radius 3 is 2.59 bits per heavy atom. The molecule has 1 saturated heterocycles. The Kier molecular flexibility index (Phi) is 4.36. The number of piperazine rings is 1. The normalized spacial score (nSPS) is 21.4. The number of amides is 2. The number of benzene rings is 2. The number of para-hydroxylation sites is 1. The lowest BCUT2D eigenvalue weighted by molar-refractivity contribution is -0.158. The van der Waals surface area contributed by atoms with Gasteiger partial charge in [-0.05, 0) is 23.6 Å². The van der Waals surface area contributed by atoms with Gasteiger partial charge in [-0.3, -0.25) is 9.59 Å². The van der Waals surface area contributed by atoms with E-state index in [1.54, 1.807) is 9.80 Å². The molecule has 3 aromatic rings. The summed E-state index contributed by atoms with van der Waals surface area (Å²) in [5.74, 6) is -0.0828. The summed E-state index contributed by atoms with van der Waals surface area (Å²) in [5, 5.41) is 10.3. The molecule has 2 aromatic carbocycles. The molecule has 2 atom stereocenters. The van der Waals surface area contributed by atoms with E-state index >= 15 is 0 Å². The Morgan fingerprint density at radius 1 is 1.03 bits per heavy atom. The van der Waals surface area contributed by atoms with E-state index in [2.05, 4.69) is 11.1 Å². The average molecular weight is 389 g/mol. The van der Waals surface area contributed by atoms with Crippen molar-refractivity contribution in [3.8, 4) is 0 Å². The van der Waals surface area contributed by atoms with Crippen LogP contribution in [0.2, 0.25) is 0 Å². The highest BCUT2D eigenvalue weighted by Gasteiger charge is 2.47. The largest absolute Gasteiger partial charge is 0.396 e. The summed E-state index contributed by atoms with van der Waals surface area (Å²) in [7, 11) is 0. The number of nitrogens with one attached hydrogen (secondary N) is 1. The average Bonchev–Trinajstić information content (AvgIpc) is 3.13. The zero-order valence-electron chi connectivity index (χ0n) is 16.0. The van der Waals surface area contributed by atoms with Gasteiger partial charge >= 0.3 is 0 Å². The predicted molar refractivity (Wildman–Crippen MR) is 109 cm³/mol. The second kappa shape index (κ2) is 7.04. The molecule has 3 heterocycles. The van der Waals surface area contributed by atoms with Crippen molar-refractivity contribution in [3.63, 3.8) is 0 Å². The topological polar surface area (TPSA) is 76.6 Å². The highest BCUT2D eigenvalue weighted by molar-refractivity contribution is 5.97. The first-order valence-corrected chi connectivity index (χ1v) is 10.0. The molecule has 6 nitrogen and oxygen atoms in total. The molecule has 1 aromatic heterocycles. The molecule has 2 aliphatic rings. The fraction of sp³-hybridized carbons (Fsp3) is 0.304. The van der Waals surface area contributed by atoms with Crippen LogP contribution >= 0.6 is 0 Å². The Bertz CT molecular complexity index is 1080. The van der Waals surface area contributed by atoms with E-state index in [-0.39, 0.29) is 31.0 Å². The van der Waals surface area contributed by atoms with Crippen LogP contribution in [-0.2, 0) is 16.0 Å². The van der Waals surface area contributed by atoms with Gasteiger partial charge in [0.1, 0.15) is 6.04 Å². The van der Waals surface area contributed by atoms with Gasteiger partial charge in [-0.2, -0.15) is 0 Å². The number of nitrogens with zero attached hydrogens (tertiary/aromatic N) is 2. The second-order valence-electron chi connectivity index (χ2n) is 7.73. The maximum Gasteiger partial charge on any atom is 0.246 e. The zero-order valence-corrected chi connectivity index (χ0v) is 16.0. The first-order valence-electron chi connectivity index (χ1n) is 10.0. The monoisotopic (exact) mass is 389 g/mol. The molecule has 0 radical (unpaired) electrons. The molecule has 2 aliphatic heterocycles. The van der Waals surface area contributed by atoms with Gasteiger partial charge in [-0.15, -0.1) is 0 Å².